The Morgan fingerprint density at radius 1 is 1.00 bits per heavy atom. The summed E-state index contributed by atoms with van der Waals surface area (Å²) in [6.45, 7) is 5.46. The zero-order valence-corrected chi connectivity index (χ0v) is 17.7. The maximum atomic E-state index is 9.66. The first kappa shape index (κ1) is 19.8. The summed E-state index contributed by atoms with van der Waals surface area (Å²) < 4.78 is 1.83. The number of fused-ring (bicyclic) bond motifs is 1. The molecule has 5 rings (SSSR count). The summed E-state index contributed by atoms with van der Waals surface area (Å²) in [5.74, 6) is 1.17. The van der Waals surface area contributed by atoms with E-state index in [-0.39, 0.29) is 11.9 Å². The fraction of sp³-hybridized carbons (Fsp3) is 0.292. The highest BCUT2D eigenvalue weighted by Gasteiger charge is 2.25. The number of piperazine rings is 1. The number of aromatic hydroxyl groups is 1. The third-order valence-corrected chi connectivity index (χ3v) is 6.11. The molecule has 2 aliphatic heterocycles. The summed E-state index contributed by atoms with van der Waals surface area (Å²) in [7, 11) is 2.18. The Morgan fingerprint density at radius 2 is 1.71 bits per heavy atom. The average molecular weight is 417 g/mol. The molecule has 2 aliphatic rings. The van der Waals surface area contributed by atoms with E-state index in [1.165, 1.54) is 5.56 Å². The van der Waals surface area contributed by atoms with Gasteiger partial charge in [0.1, 0.15) is 17.7 Å². The van der Waals surface area contributed by atoms with Gasteiger partial charge in [-0.3, -0.25) is 4.90 Å². The number of rotatable bonds is 4. The smallest absolute Gasteiger partial charge is 0.145 e. The lowest BCUT2D eigenvalue weighted by atomic mass is 10.0. The molecule has 0 bridgehead atoms. The van der Waals surface area contributed by atoms with Crippen LogP contribution in [-0.4, -0.2) is 57.9 Å². The highest BCUT2D eigenvalue weighted by atomic mass is 16.3. The summed E-state index contributed by atoms with van der Waals surface area (Å²) in [4.78, 5) is 6.94. The molecule has 31 heavy (non-hydrogen) atoms. The summed E-state index contributed by atoms with van der Waals surface area (Å²) in [5, 5.41) is 14.2. The minimum Gasteiger partial charge on any atom is -0.508 e. The van der Waals surface area contributed by atoms with Crippen molar-refractivity contribution < 1.29 is 5.11 Å². The first-order chi connectivity index (χ1) is 15.1. The molecule has 2 aromatic carbocycles. The maximum Gasteiger partial charge on any atom is 0.145 e. The largest absolute Gasteiger partial charge is 0.508 e. The van der Waals surface area contributed by atoms with Crippen molar-refractivity contribution in [1.82, 2.24) is 19.6 Å². The lowest BCUT2D eigenvalue weighted by molar-refractivity contribution is 0.148. The van der Waals surface area contributed by atoms with Crippen LogP contribution >= 0.6 is 0 Å². The number of anilines is 2. The highest BCUT2D eigenvalue weighted by molar-refractivity contribution is 5.82. The first-order valence-corrected chi connectivity index (χ1v) is 10.7. The lowest BCUT2D eigenvalue weighted by Crippen LogP contribution is -2.43. The van der Waals surface area contributed by atoms with Gasteiger partial charge in [-0.05, 0) is 48.5 Å². The number of nitrogens with zero attached hydrogens (tertiary/aromatic N) is 5. The van der Waals surface area contributed by atoms with E-state index in [4.69, 9.17) is 5.73 Å². The molecule has 3 N–H and O–H groups in total. The molecule has 1 aromatic heterocycles. The molecule has 0 radical (unpaired) electrons. The van der Waals surface area contributed by atoms with Crippen molar-refractivity contribution in [3.05, 3.63) is 72.6 Å². The normalized spacial score (nSPS) is 19.5. The SMILES string of the molecule is CN1CCN(Cc2ccc(-c3cnn4c3N(c3ccc(O)cc3)C=CC4N)cc2)CC1. The Hall–Kier alpha value is -3.13. The van der Waals surface area contributed by atoms with Crippen molar-refractivity contribution in [3.63, 3.8) is 0 Å². The zero-order chi connectivity index (χ0) is 21.4. The second-order valence-electron chi connectivity index (χ2n) is 8.32. The second kappa shape index (κ2) is 8.19. The molecule has 160 valence electrons. The van der Waals surface area contributed by atoms with Crippen molar-refractivity contribution in [2.24, 2.45) is 5.73 Å². The van der Waals surface area contributed by atoms with Crippen LogP contribution in [0.5, 0.6) is 5.75 Å². The fourth-order valence-corrected chi connectivity index (χ4v) is 4.22. The molecule has 7 heteroatoms. The lowest BCUT2D eigenvalue weighted by Gasteiger charge is -2.32. The van der Waals surface area contributed by atoms with E-state index in [1.54, 1.807) is 12.1 Å². The maximum absolute atomic E-state index is 9.66. The summed E-state index contributed by atoms with van der Waals surface area (Å²) in [6.07, 6.45) is 5.45. The molecular formula is C24H28N6O. The Bertz CT molecular complexity index is 1060. The van der Waals surface area contributed by atoms with E-state index in [2.05, 4.69) is 51.1 Å². The highest BCUT2D eigenvalue weighted by Crippen LogP contribution is 2.39. The molecule has 0 saturated carbocycles. The Morgan fingerprint density at radius 3 is 2.42 bits per heavy atom. The molecule has 1 saturated heterocycles. The zero-order valence-electron chi connectivity index (χ0n) is 17.7. The molecule has 0 spiro atoms. The van der Waals surface area contributed by atoms with Crippen LogP contribution in [-0.2, 0) is 6.54 Å². The van der Waals surface area contributed by atoms with Crippen LogP contribution in [0.4, 0.5) is 11.5 Å². The second-order valence-corrected chi connectivity index (χ2v) is 8.32. The third-order valence-electron chi connectivity index (χ3n) is 6.11. The van der Waals surface area contributed by atoms with Gasteiger partial charge < -0.3 is 20.6 Å². The van der Waals surface area contributed by atoms with Crippen LogP contribution in [0.25, 0.3) is 11.1 Å². The van der Waals surface area contributed by atoms with Crippen molar-refractivity contribution in [2.75, 3.05) is 38.1 Å². The molecule has 1 atom stereocenters. The molecule has 3 aromatic rings. The van der Waals surface area contributed by atoms with Gasteiger partial charge in [-0.1, -0.05) is 24.3 Å². The van der Waals surface area contributed by atoms with Crippen LogP contribution in [0, 0.1) is 0 Å². The predicted octanol–water partition coefficient (Wildman–Crippen LogP) is 3.13. The summed E-state index contributed by atoms with van der Waals surface area (Å²) in [5.41, 5.74) is 10.7. The van der Waals surface area contributed by atoms with Gasteiger partial charge in [-0.2, -0.15) is 5.10 Å². The van der Waals surface area contributed by atoms with E-state index in [1.807, 2.05) is 35.3 Å². The summed E-state index contributed by atoms with van der Waals surface area (Å²) in [6, 6.07) is 15.9. The standard InChI is InChI=1S/C24H28N6O/c1-27-12-14-28(15-13-27)17-18-2-4-19(5-3-18)22-16-26-30-23(25)10-11-29(24(22)30)20-6-8-21(31)9-7-20/h2-11,16,23,31H,12-15,17,25H2,1H3. The van der Waals surface area contributed by atoms with Crippen molar-refractivity contribution in [1.29, 1.82) is 0 Å². The fourth-order valence-electron chi connectivity index (χ4n) is 4.22. The minimum atomic E-state index is -0.311. The van der Waals surface area contributed by atoms with Crippen molar-refractivity contribution in [2.45, 2.75) is 12.7 Å². The number of phenols is 1. The van der Waals surface area contributed by atoms with E-state index in [0.29, 0.717) is 0 Å². The Balaban J connectivity index is 1.42. The molecular weight excluding hydrogens is 388 g/mol. The third kappa shape index (κ3) is 3.95. The van der Waals surface area contributed by atoms with Gasteiger partial charge in [0, 0.05) is 50.2 Å². The van der Waals surface area contributed by atoms with E-state index in [9.17, 15) is 5.11 Å². The number of hydrogen-bond donors (Lipinski definition) is 2. The van der Waals surface area contributed by atoms with Crippen LogP contribution < -0.4 is 10.6 Å². The van der Waals surface area contributed by atoms with Crippen LogP contribution in [0.2, 0.25) is 0 Å². The number of hydrogen-bond acceptors (Lipinski definition) is 6. The van der Waals surface area contributed by atoms with Gasteiger partial charge in [0.2, 0.25) is 0 Å². The Labute approximate surface area is 182 Å². The number of benzene rings is 2. The molecule has 0 amide bonds. The topological polar surface area (TPSA) is 73.8 Å². The van der Waals surface area contributed by atoms with Gasteiger partial charge in [-0.15, -0.1) is 0 Å². The van der Waals surface area contributed by atoms with Crippen LogP contribution in [0.1, 0.15) is 11.7 Å². The summed E-state index contributed by atoms with van der Waals surface area (Å²) >= 11 is 0. The van der Waals surface area contributed by atoms with Crippen molar-refractivity contribution >= 4 is 11.5 Å². The van der Waals surface area contributed by atoms with Crippen LogP contribution in [0.15, 0.2) is 67.0 Å². The van der Waals surface area contributed by atoms with Gasteiger partial charge in [-0.25, -0.2) is 4.68 Å². The quantitative estimate of drug-likeness (QED) is 0.681. The first-order valence-electron chi connectivity index (χ1n) is 10.7. The Kier molecular flexibility index (Phi) is 5.23. The number of phenolic OH excluding ortho intramolecular Hbond substituents is 1. The monoisotopic (exact) mass is 416 g/mol. The molecule has 1 fully saturated rings. The number of aromatic nitrogens is 2. The van der Waals surface area contributed by atoms with E-state index >= 15 is 0 Å². The van der Waals surface area contributed by atoms with E-state index in [0.717, 1.165) is 55.4 Å². The molecule has 7 nitrogen and oxygen atoms in total. The van der Waals surface area contributed by atoms with E-state index < -0.39 is 0 Å². The van der Waals surface area contributed by atoms with Gasteiger partial charge in [0.15, 0.2) is 0 Å². The minimum absolute atomic E-state index is 0.242. The molecule has 1 unspecified atom stereocenters. The average Bonchev–Trinajstić information content (AvgIpc) is 3.23. The van der Waals surface area contributed by atoms with Gasteiger partial charge in [0.05, 0.1) is 6.20 Å². The molecule has 3 heterocycles. The predicted molar refractivity (Wildman–Crippen MR) is 123 cm³/mol. The van der Waals surface area contributed by atoms with Gasteiger partial charge in [0.25, 0.3) is 0 Å². The van der Waals surface area contributed by atoms with Crippen molar-refractivity contribution in [3.8, 4) is 16.9 Å². The van der Waals surface area contributed by atoms with Gasteiger partial charge >= 0.3 is 0 Å². The van der Waals surface area contributed by atoms with Crippen LogP contribution in [0.3, 0.4) is 0 Å². The number of nitrogens with two attached hydrogens (primary N) is 1. The number of likely N-dealkylation sites (N-methyl/N-ethyl adjacent to an activating group) is 1. The molecule has 0 aliphatic carbocycles.